The second-order valence-corrected chi connectivity index (χ2v) is 11.1. The first-order valence-electron chi connectivity index (χ1n) is 14.1. The summed E-state index contributed by atoms with van der Waals surface area (Å²) < 4.78 is 11.9. The average molecular weight is 607 g/mol. The Morgan fingerprint density at radius 3 is 1.75 bits per heavy atom. The lowest BCUT2D eigenvalue weighted by molar-refractivity contribution is 0.284. The van der Waals surface area contributed by atoms with Crippen LogP contribution in [0.5, 0.6) is 11.5 Å². The highest BCUT2D eigenvalue weighted by atomic mass is 35.5. The SMILES string of the molecule is COc1cc(C(c2c(-c3ccc(C)cc3)[nH][nH]c2=O)c2c(-c3ccc(C)cc3)[nH][nH]c2=O)ccc1OCc1ccccc1Cl. The molecule has 0 amide bonds. The van der Waals surface area contributed by atoms with E-state index in [1.807, 2.05) is 98.8 Å². The van der Waals surface area contributed by atoms with Crippen LogP contribution < -0.4 is 20.6 Å². The van der Waals surface area contributed by atoms with Crippen molar-refractivity contribution in [3.63, 3.8) is 0 Å². The van der Waals surface area contributed by atoms with Gasteiger partial charge in [0.05, 0.1) is 29.6 Å². The Hall–Kier alpha value is -5.21. The number of aromatic amines is 4. The molecule has 0 radical (unpaired) electrons. The third-order valence-corrected chi connectivity index (χ3v) is 8.12. The predicted molar refractivity (Wildman–Crippen MR) is 173 cm³/mol. The van der Waals surface area contributed by atoms with Crippen LogP contribution >= 0.6 is 11.6 Å². The lowest BCUT2D eigenvalue weighted by Crippen LogP contribution is -2.20. The van der Waals surface area contributed by atoms with Gasteiger partial charge in [0.1, 0.15) is 6.61 Å². The summed E-state index contributed by atoms with van der Waals surface area (Å²) in [6, 6.07) is 28.6. The molecule has 0 aliphatic carbocycles. The number of aromatic nitrogens is 4. The third-order valence-electron chi connectivity index (χ3n) is 7.75. The molecule has 9 heteroatoms. The minimum absolute atomic E-state index is 0.239. The summed E-state index contributed by atoms with van der Waals surface area (Å²) in [5.41, 5.74) is 6.62. The van der Waals surface area contributed by atoms with Gasteiger partial charge in [-0.05, 0) is 48.7 Å². The second kappa shape index (κ2) is 12.2. The number of ether oxygens (including phenoxy) is 2. The highest BCUT2D eigenvalue weighted by molar-refractivity contribution is 6.31. The Balaban J connectivity index is 1.52. The lowest BCUT2D eigenvalue weighted by Gasteiger charge is -2.20. The first kappa shape index (κ1) is 28.9. The van der Waals surface area contributed by atoms with Crippen LogP contribution in [-0.4, -0.2) is 27.5 Å². The Morgan fingerprint density at radius 1 is 0.682 bits per heavy atom. The van der Waals surface area contributed by atoms with E-state index in [1.54, 1.807) is 13.2 Å². The van der Waals surface area contributed by atoms with E-state index >= 15 is 0 Å². The van der Waals surface area contributed by atoms with Crippen LogP contribution in [0.3, 0.4) is 0 Å². The van der Waals surface area contributed by atoms with Crippen LogP contribution in [-0.2, 0) is 6.61 Å². The molecule has 0 aliphatic rings. The number of nitrogens with one attached hydrogen (secondary N) is 4. The van der Waals surface area contributed by atoms with Gasteiger partial charge in [-0.2, -0.15) is 0 Å². The fourth-order valence-electron chi connectivity index (χ4n) is 5.41. The normalized spacial score (nSPS) is 11.2. The average Bonchev–Trinajstić information content (AvgIpc) is 3.60. The van der Waals surface area contributed by atoms with Gasteiger partial charge in [-0.25, -0.2) is 0 Å². The Kier molecular flexibility index (Phi) is 8.00. The summed E-state index contributed by atoms with van der Waals surface area (Å²) in [6.07, 6.45) is 0. The summed E-state index contributed by atoms with van der Waals surface area (Å²) in [5.74, 6) is 0.171. The third kappa shape index (κ3) is 5.59. The topological polar surface area (TPSA) is 116 Å². The van der Waals surface area contributed by atoms with E-state index in [0.717, 1.165) is 27.8 Å². The van der Waals surface area contributed by atoms with Gasteiger partial charge in [-0.1, -0.05) is 95.5 Å². The number of benzene rings is 4. The van der Waals surface area contributed by atoms with Crippen LogP contribution in [0, 0.1) is 13.8 Å². The van der Waals surface area contributed by atoms with Gasteiger partial charge in [0.25, 0.3) is 11.1 Å². The zero-order valence-electron chi connectivity index (χ0n) is 24.5. The maximum Gasteiger partial charge on any atom is 0.268 e. The maximum atomic E-state index is 13.6. The van der Waals surface area contributed by atoms with Crippen molar-refractivity contribution < 1.29 is 9.47 Å². The van der Waals surface area contributed by atoms with Gasteiger partial charge in [-0.3, -0.25) is 30.0 Å². The van der Waals surface area contributed by atoms with E-state index in [2.05, 4.69) is 20.4 Å². The van der Waals surface area contributed by atoms with Gasteiger partial charge in [0, 0.05) is 16.5 Å². The van der Waals surface area contributed by atoms with Crippen LogP contribution in [0.2, 0.25) is 5.02 Å². The summed E-state index contributed by atoms with van der Waals surface area (Å²) in [4.78, 5) is 27.3. The van der Waals surface area contributed by atoms with E-state index in [-0.39, 0.29) is 17.7 Å². The van der Waals surface area contributed by atoms with E-state index in [1.165, 1.54) is 0 Å². The molecule has 2 aromatic heterocycles. The molecule has 0 atom stereocenters. The van der Waals surface area contributed by atoms with E-state index in [4.69, 9.17) is 21.1 Å². The lowest BCUT2D eigenvalue weighted by atomic mass is 9.83. The van der Waals surface area contributed by atoms with Gasteiger partial charge < -0.3 is 9.47 Å². The van der Waals surface area contributed by atoms with Crippen molar-refractivity contribution in [2.24, 2.45) is 0 Å². The van der Waals surface area contributed by atoms with E-state index < -0.39 is 5.92 Å². The van der Waals surface area contributed by atoms with E-state index in [9.17, 15) is 9.59 Å². The smallest absolute Gasteiger partial charge is 0.268 e. The summed E-state index contributed by atoms with van der Waals surface area (Å²) in [5, 5.41) is 12.3. The molecule has 0 unspecified atom stereocenters. The molecule has 0 spiro atoms. The quantitative estimate of drug-likeness (QED) is 0.141. The van der Waals surface area contributed by atoms with Gasteiger partial charge in [0.15, 0.2) is 11.5 Å². The number of H-pyrrole nitrogens is 4. The largest absolute Gasteiger partial charge is 0.493 e. The van der Waals surface area contributed by atoms with Gasteiger partial charge in [-0.15, -0.1) is 0 Å². The number of methoxy groups -OCH3 is 1. The minimum Gasteiger partial charge on any atom is -0.493 e. The molecule has 0 saturated heterocycles. The maximum absolute atomic E-state index is 13.6. The van der Waals surface area contributed by atoms with Crippen molar-refractivity contribution in [3.8, 4) is 34.0 Å². The molecule has 6 rings (SSSR count). The molecular weight excluding hydrogens is 576 g/mol. The summed E-state index contributed by atoms with van der Waals surface area (Å²) >= 11 is 6.34. The zero-order valence-corrected chi connectivity index (χ0v) is 25.2. The molecule has 6 aromatic rings. The summed E-state index contributed by atoms with van der Waals surface area (Å²) in [6.45, 7) is 4.24. The Morgan fingerprint density at radius 2 is 1.23 bits per heavy atom. The molecule has 4 aromatic carbocycles. The van der Waals surface area contributed by atoms with Gasteiger partial charge >= 0.3 is 0 Å². The second-order valence-electron chi connectivity index (χ2n) is 10.7. The van der Waals surface area contributed by atoms with Gasteiger partial charge in [0.2, 0.25) is 0 Å². The van der Waals surface area contributed by atoms with Crippen LogP contribution in [0.4, 0.5) is 0 Å². The van der Waals surface area contributed by atoms with Crippen LogP contribution in [0.1, 0.15) is 39.3 Å². The molecule has 0 aliphatic heterocycles. The highest BCUT2D eigenvalue weighted by Crippen LogP contribution is 2.41. The molecule has 0 bridgehead atoms. The molecule has 44 heavy (non-hydrogen) atoms. The Bertz CT molecular complexity index is 1940. The minimum atomic E-state index is -0.779. The zero-order chi connectivity index (χ0) is 30.8. The number of rotatable bonds is 9. The first-order chi connectivity index (χ1) is 21.3. The number of halogens is 1. The van der Waals surface area contributed by atoms with Crippen molar-refractivity contribution in [3.05, 3.63) is 150 Å². The van der Waals surface area contributed by atoms with Crippen LogP contribution in [0.15, 0.2) is 101 Å². The molecule has 222 valence electrons. The molecule has 4 N–H and O–H groups in total. The van der Waals surface area contributed by atoms with Crippen molar-refractivity contribution in [2.45, 2.75) is 26.4 Å². The molecule has 0 saturated carbocycles. The Labute approximate surface area is 258 Å². The van der Waals surface area contributed by atoms with E-state index in [0.29, 0.717) is 44.6 Å². The number of hydrogen-bond donors (Lipinski definition) is 4. The van der Waals surface area contributed by atoms with Crippen LogP contribution in [0.25, 0.3) is 22.5 Å². The van der Waals surface area contributed by atoms with Crippen molar-refractivity contribution in [2.75, 3.05) is 7.11 Å². The fraction of sp³-hybridized carbons (Fsp3) is 0.143. The number of aryl methyl sites for hydroxylation is 2. The summed E-state index contributed by atoms with van der Waals surface area (Å²) in [7, 11) is 1.55. The molecular formula is C35H31ClN4O4. The van der Waals surface area contributed by atoms with Crippen molar-refractivity contribution >= 4 is 11.6 Å². The highest BCUT2D eigenvalue weighted by Gasteiger charge is 2.32. The predicted octanol–water partition coefficient (Wildman–Crippen LogP) is 7.09. The molecule has 8 nitrogen and oxygen atoms in total. The standard InChI is InChI=1S/C35H31ClN4O4/c1-20-8-12-22(13-9-20)32-30(34(41)39-37-32)29(31-33(38-40-35(31)42)23-14-10-21(2)11-15-23)24-16-17-27(28(18-24)43-3)44-19-25-6-4-5-7-26(25)36/h4-18,29H,19H2,1-3H3,(H2,37,39,41)(H2,38,40,42). The van der Waals surface area contributed by atoms with Crippen molar-refractivity contribution in [1.82, 2.24) is 20.4 Å². The molecule has 2 heterocycles. The molecule has 0 fully saturated rings. The fourth-order valence-corrected chi connectivity index (χ4v) is 5.60. The monoisotopic (exact) mass is 606 g/mol. The first-order valence-corrected chi connectivity index (χ1v) is 14.5. The number of hydrogen-bond acceptors (Lipinski definition) is 4. The van der Waals surface area contributed by atoms with Crippen molar-refractivity contribution in [1.29, 1.82) is 0 Å².